The van der Waals surface area contributed by atoms with Gasteiger partial charge in [0, 0.05) is 6.42 Å². The van der Waals surface area contributed by atoms with Gasteiger partial charge in [-0.05, 0) is 51.2 Å². The van der Waals surface area contributed by atoms with Crippen LogP contribution in [0, 0.1) is 5.82 Å². The summed E-state index contributed by atoms with van der Waals surface area (Å²) in [6.07, 6.45) is -0.776. The second kappa shape index (κ2) is 7.50. The van der Waals surface area contributed by atoms with Gasteiger partial charge in [-0.25, -0.2) is 8.78 Å². The van der Waals surface area contributed by atoms with Crippen LogP contribution in [0.1, 0.15) is 17.3 Å². The molecule has 0 aromatic heterocycles. The molecule has 0 spiro atoms. The number of benzene rings is 4. The van der Waals surface area contributed by atoms with Crippen LogP contribution in [0.15, 0.2) is 84.9 Å². The number of alkyl halides is 1. The van der Waals surface area contributed by atoms with Crippen LogP contribution in [-0.2, 0) is 6.42 Å². The van der Waals surface area contributed by atoms with Gasteiger partial charge in [0.25, 0.3) is 0 Å². The van der Waals surface area contributed by atoms with Crippen molar-refractivity contribution in [2.24, 2.45) is 0 Å². The molecule has 134 valence electrons. The van der Waals surface area contributed by atoms with E-state index in [2.05, 4.69) is 0 Å². The van der Waals surface area contributed by atoms with Crippen LogP contribution in [0.3, 0.4) is 0 Å². The molecule has 0 bridgehead atoms. The molecule has 27 heavy (non-hydrogen) atoms. The van der Waals surface area contributed by atoms with E-state index in [1.807, 2.05) is 66.7 Å². The lowest BCUT2D eigenvalue weighted by molar-refractivity contribution is 0.342. The first-order chi connectivity index (χ1) is 13.1. The average molecular weight is 379 g/mol. The molecule has 0 aliphatic carbocycles. The molecule has 0 aliphatic rings. The molecule has 4 rings (SSSR count). The third kappa shape index (κ3) is 3.86. The Labute approximate surface area is 162 Å². The molecule has 0 nitrogen and oxygen atoms in total. The summed E-state index contributed by atoms with van der Waals surface area (Å²) in [5.41, 5.74) is 3.19. The Morgan fingerprint density at radius 2 is 1.44 bits per heavy atom. The Morgan fingerprint density at radius 1 is 0.741 bits per heavy atom. The van der Waals surface area contributed by atoms with Gasteiger partial charge in [0.15, 0.2) is 0 Å². The van der Waals surface area contributed by atoms with E-state index in [1.165, 1.54) is 12.1 Å². The molecule has 4 aromatic carbocycles. The van der Waals surface area contributed by atoms with Gasteiger partial charge in [0.05, 0.1) is 5.02 Å². The van der Waals surface area contributed by atoms with E-state index in [4.69, 9.17) is 11.6 Å². The van der Waals surface area contributed by atoms with Gasteiger partial charge >= 0.3 is 0 Å². The third-order valence-electron chi connectivity index (χ3n) is 4.76. The van der Waals surface area contributed by atoms with Crippen LogP contribution in [0.4, 0.5) is 8.78 Å². The van der Waals surface area contributed by atoms with Crippen LogP contribution in [0.2, 0.25) is 5.02 Å². The number of rotatable bonds is 4. The van der Waals surface area contributed by atoms with Crippen molar-refractivity contribution in [2.45, 2.75) is 12.6 Å². The van der Waals surface area contributed by atoms with Crippen LogP contribution in [0.25, 0.3) is 21.9 Å². The van der Waals surface area contributed by atoms with Gasteiger partial charge < -0.3 is 0 Å². The van der Waals surface area contributed by atoms with E-state index in [0.717, 1.165) is 27.5 Å². The predicted octanol–water partition coefficient (Wildman–Crippen LogP) is 7.55. The highest BCUT2D eigenvalue weighted by molar-refractivity contribution is 6.30. The van der Waals surface area contributed by atoms with Crippen molar-refractivity contribution >= 4 is 22.4 Å². The molecule has 1 atom stereocenters. The summed E-state index contributed by atoms with van der Waals surface area (Å²) in [7, 11) is 0. The molecule has 4 aromatic rings. The second-order valence-corrected chi connectivity index (χ2v) is 7.01. The van der Waals surface area contributed by atoms with Gasteiger partial charge in [-0.2, -0.15) is 0 Å². The Bertz CT molecular complexity index is 1090. The van der Waals surface area contributed by atoms with Crippen molar-refractivity contribution in [1.29, 1.82) is 0 Å². The Hall–Kier alpha value is -2.71. The lowest BCUT2D eigenvalue weighted by Gasteiger charge is -2.11. The van der Waals surface area contributed by atoms with Gasteiger partial charge in [0.1, 0.15) is 12.0 Å². The van der Waals surface area contributed by atoms with Crippen LogP contribution in [0.5, 0.6) is 0 Å². The third-order valence-corrected chi connectivity index (χ3v) is 5.06. The molecule has 0 saturated heterocycles. The van der Waals surface area contributed by atoms with Crippen molar-refractivity contribution in [3.63, 3.8) is 0 Å². The van der Waals surface area contributed by atoms with Crippen molar-refractivity contribution in [1.82, 2.24) is 0 Å². The Morgan fingerprint density at radius 3 is 2.19 bits per heavy atom. The SMILES string of the molecule is Fc1cc(-c2ccc(CC(F)c3ccc4ccccc4c3)cc2)ccc1Cl. The average Bonchev–Trinajstić information content (AvgIpc) is 2.70. The highest BCUT2D eigenvalue weighted by Crippen LogP contribution is 2.28. The molecule has 0 aliphatic heterocycles. The monoisotopic (exact) mass is 378 g/mol. The molecule has 0 fully saturated rings. The Balaban J connectivity index is 1.52. The number of fused-ring (bicyclic) bond motifs is 1. The Kier molecular flexibility index (Phi) is 4.91. The van der Waals surface area contributed by atoms with Crippen LogP contribution < -0.4 is 0 Å². The first kappa shape index (κ1) is 17.7. The fraction of sp³-hybridized carbons (Fsp3) is 0.0833. The molecule has 0 saturated carbocycles. The van der Waals surface area contributed by atoms with Crippen molar-refractivity contribution in [2.75, 3.05) is 0 Å². The zero-order valence-corrected chi connectivity index (χ0v) is 15.3. The summed E-state index contributed by atoms with van der Waals surface area (Å²) in [4.78, 5) is 0. The molecular weight excluding hydrogens is 362 g/mol. The molecule has 1 unspecified atom stereocenters. The standard InChI is InChI=1S/C24H17ClF2/c25-22-12-11-20(15-24(22)27)18-7-5-16(6-8-18)13-23(26)21-10-9-17-3-1-2-4-19(17)14-21/h1-12,14-15,23H,13H2. The van der Waals surface area contributed by atoms with Gasteiger partial charge in [-0.1, -0.05) is 78.3 Å². The summed E-state index contributed by atoms with van der Waals surface area (Å²) in [6, 6.07) is 25.9. The second-order valence-electron chi connectivity index (χ2n) is 6.60. The van der Waals surface area contributed by atoms with Crippen molar-refractivity contribution in [3.05, 3.63) is 107 Å². The largest absolute Gasteiger partial charge is 0.242 e. The number of hydrogen-bond acceptors (Lipinski definition) is 0. The summed E-state index contributed by atoms with van der Waals surface area (Å²) < 4.78 is 28.4. The maximum absolute atomic E-state index is 14.8. The van der Waals surface area contributed by atoms with Gasteiger partial charge in [-0.15, -0.1) is 0 Å². The van der Waals surface area contributed by atoms with Crippen LogP contribution in [-0.4, -0.2) is 0 Å². The van der Waals surface area contributed by atoms with E-state index >= 15 is 0 Å². The summed E-state index contributed by atoms with van der Waals surface area (Å²) >= 11 is 5.73. The maximum atomic E-state index is 14.8. The minimum Gasteiger partial charge on any atom is -0.242 e. The van der Waals surface area contributed by atoms with E-state index in [-0.39, 0.29) is 5.02 Å². The molecule has 0 amide bonds. The predicted molar refractivity (Wildman–Crippen MR) is 108 cm³/mol. The fourth-order valence-electron chi connectivity index (χ4n) is 3.24. The molecule has 0 N–H and O–H groups in total. The first-order valence-electron chi connectivity index (χ1n) is 8.77. The highest BCUT2D eigenvalue weighted by atomic mass is 35.5. The quantitative estimate of drug-likeness (QED) is 0.344. The molecular formula is C24H17ClF2. The molecule has 0 radical (unpaired) electrons. The summed E-state index contributed by atoms with van der Waals surface area (Å²) in [5.74, 6) is -0.446. The van der Waals surface area contributed by atoms with Gasteiger partial charge in [0.2, 0.25) is 0 Å². The summed E-state index contributed by atoms with van der Waals surface area (Å²) in [6.45, 7) is 0. The van der Waals surface area contributed by atoms with Gasteiger partial charge in [-0.3, -0.25) is 0 Å². The zero-order chi connectivity index (χ0) is 18.8. The van der Waals surface area contributed by atoms with Crippen molar-refractivity contribution in [3.8, 4) is 11.1 Å². The zero-order valence-electron chi connectivity index (χ0n) is 14.5. The smallest absolute Gasteiger partial charge is 0.142 e. The summed E-state index contributed by atoms with van der Waals surface area (Å²) in [5, 5.41) is 2.25. The lowest BCUT2D eigenvalue weighted by Crippen LogP contribution is -1.97. The normalized spacial score (nSPS) is 12.3. The minimum atomic E-state index is -1.08. The molecule has 0 heterocycles. The van der Waals surface area contributed by atoms with E-state index in [9.17, 15) is 8.78 Å². The highest BCUT2D eigenvalue weighted by Gasteiger charge is 2.12. The lowest BCUT2D eigenvalue weighted by atomic mass is 9.98. The topological polar surface area (TPSA) is 0 Å². The number of hydrogen-bond donors (Lipinski definition) is 0. The fourth-order valence-corrected chi connectivity index (χ4v) is 3.35. The number of halogens is 3. The van der Waals surface area contributed by atoms with Crippen LogP contribution >= 0.6 is 11.6 Å². The van der Waals surface area contributed by atoms with E-state index in [0.29, 0.717) is 12.0 Å². The van der Waals surface area contributed by atoms with E-state index in [1.54, 1.807) is 6.07 Å². The maximum Gasteiger partial charge on any atom is 0.142 e. The van der Waals surface area contributed by atoms with E-state index < -0.39 is 12.0 Å². The first-order valence-corrected chi connectivity index (χ1v) is 9.15. The molecule has 3 heteroatoms. The minimum absolute atomic E-state index is 0.103. The van der Waals surface area contributed by atoms with Crippen molar-refractivity contribution < 1.29 is 8.78 Å².